The number of hydrogen-bond acceptors (Lipinski definition) is 4. The Bertz CT molecular complexity index is 67.7. The van der Waals surface area contributed by atoms with Crippen LogP contribution in [0, 0.1) is 0 Å². The van der Waals surface area contributed by atoms with E-state index in [9.17, 15) is 0 Å². The molecule has 0 aliphatic heterocycles. The quantitative estimate of drug-likeness (QED) is 0.287. The Balaban J connectivity index is 2.91. The van der Waals surface area contributed by atoms with Crippen LogP contribution in [0.1, 0.15) is 12.8 Å². The molecule has 0 heterocycles. The van der Waals surface area contributed by atoms with Crippen molar-refractivity contribution in [3.63, 3.8) is 0 Å². The molecule has 0 aliphatic rings. The van der Waals surface area contributed by atoms with Crippen molar-refractivity contribution in [2.45, 2.75) is 25.5 Å². The van der Waals surface area contributed by atoms with Gasteiger partial charge in [-0.05, 0) is 12.6 Å². The maximum Gasteiger partial charge on any atom is 0.451 e. The lowest BCUT2D eigenvalue weighted by atomic mass is 9.78. The largest absolute Gasteiger partial charge is 0.451 e. The van der Waals surface area contributed by atoms with Gasteiger partial charge in [-0.2, -0.15) is 0 Å². The van der Waals surface area contributed by atoms with Gasteiger partial charge in [0.25, 0.3) is 0 Å². The standard InChI is InChI=1S/C4H12B2O4/c7-5(8)3-1-2-4-6(9)10/h7-10H,1-4H2. The Kier molecular flexibility index (Phi) is 5.71. The third-order valence-corrected chi connectivity index (χ3v) is 1.17. The van der Waals surface area contributed by atoms with Crippen molar-refractivity contribution in [3.8, 4) is 0 Å². The van der Waals surface area contributed by atoms with E-state index < -0.39 is 14.2 Å². The summed E-state index contributed by atoms with van der Waals surface area (Å²) in [6, 6.07) is 0. The predicted molar refractivity (Wildman–Crippen MR) is 39.2 cm³/mol. The number of hydrogen-bond donors (Lipinski definition) is 4. The van der Waals surface area contributed by atoms with Gasteiger partial charge >= 0.3 is 14.2 Å². The highest BCUT2D eigenvalue weighted by molar-refractivity contribution is 6.41. The van der Waals surface area contributed by atoms with Crippen LogP contribution in [0.25, 0.3) is 0 Å². The van der Waals surface area contributed by atoms with Crippen molar-refractivity contribution in [1.82, 2.24) is 0 Å². The second kappa shape index (κ2) is 5.73. The van der Waals surface area contributed by atoms with E-state index in [4.69, 9.17) is 20.1 Å². The lowest BCUT2D eigenvalue weighted by molar-refractivity contribution is 0.393. The minimum atomic E-state index is -1.27. The summed E-state index contributed by atoms with van der Waals surface area (Å²) in [5.74, 6) is 0. The second-order valence-corrected chi connectivity index (χ2v) is 2.25. The van der Waals surface area contributed by atoms with Crippen LogP contribution in [0.5, 0.6) is 0 Å². The average Bonchev–Trinajstić information content (AvgIpc) is 1.79. The fraction of sp³-hybridized carbons (Fsp3) is 1.00. The Morgan fingerprint density at radius 2 is 1.00 bits per heavy atom. The molecule has 10 heavy (non-hydrogen) atoms. The minimum Gasteiger partial charge on any atom is -0.427 e. The lowest BCUT2D eigenvalue weighted by Gasteiger charge is -1.98. The molecule has 0 fully saturated rings. The number of rotatable bonds is 5. The molecular weight excluding hydrogens is 134 g/mol. The zero-order valence-electron chi connectivity index (χ0n) is 5.77. The molecule has 0 saturated carbocycles. The summed E-state index contributed by atoms with van der Waals surface area (Å²) in [6.45, 7) is 0. The van der Waals surface area contributed by atoms with Crippen molar-refractivity contribution in [2.24, 2.45) is 0 Å². The molecule has 0 aromatic rings. The first-order valence-electron chi connectivity index (χ1n) is 3.35. The maximum atomic E-state index is 8.35. The summed E-state index contributed by atoms with van der Waals surface area (Å²) < 4.78 is 0. The molecule has 58 valence electrons. The molecule has 0 radical (unpaired) electrons. The van der Waals surface area contributed by atoms with Gasteiger partial charge < -0.3 is 20.1 Å². The first kappa shape index (κ1) is 9.97. The van der Waals surface area contributed by atoms with Gasteiger partial charge in [-0.25, -0.2) is 0 Å². The Labute approximate surface area is 60.8 Å². The van der Waals surface area contributed by atoms with Gasteiger partial charge in [0.1, 0.15) is 0 Å². The molecular formula is C4H12B2O4. The molecule has 0 atom stereocenters. The lowest BCUT2D eigenvalue weighted by Crippen LogP contribution is -2.12. The first-order valence-corrected chi connectivity index (χ1v) is 3.35. The predicted octanol–water partition coefficient (Wildman–Crippen LogP) is -1.29. The smallest absolute Gasteiger partial charge is 0.427 e. The summed E-state index contributed by atoms with van der Waals surface area (Å²) in [5.41, 5.74) is 0. The van der Waals surface area contributed by atoms with Gasteiger partial charge in [0.15, 0.2) is 0 Å². The van der Waals surface area contributed by atoms with Gasteiger partial charge in [-0.1, -0.05) is 12.8 Å². The molecule has 0 amide bonds. The number of unbranched alkanes of at least 4 members (excludes halogenated alkanes) is 1. The van der Waals surface area contributed by atoms with E-state index in [1.54, 1.807) is 0 Å². The molecule has 0 aromatic carbocycles. The SMILES string of the molecule is OB(O)CCCCB(O)O. The molecule has 6 heteroatoms. The fourth-order valence-electron chi connectivity index (χ4n) is 0.654. The van der Waals surface area contributed by atoms with Crippen LogP contribution in [-0.4, -0.2) is 34.3 Å². The summed E-state index contributed by atoms with van der Waals surface area (Å²) >= 11 is 0. The van der Waals surface area contributed by atoms with Crippen molar-refractivity contribution in [3.05, 3.63) is 0 Å². The van der Waals surface area contributed by atoms with Crippen LogP contribution in [0.4, 0.5) is 0 Å². The van der Waals surface area contributed by atoms with Crippen LogP contribution in [0.2, 0.25) is 12.6 Å². The third-order valence-electron chi connectivity index (χ3n) is 1.17. The monoisotopic (exact) mass is 146 g/mol. The molecule has 0 aliphatic carbocycles. The van der Waals surface area contributed by atoms with Gasteiger partial charge in [0.2, 0.25) is 0 Å². The molecule has 0 saturated heterocycles. The van der Waals surface area contributed by atoms with Gasteiger partial charge in [0.05, 0.1) is 0 Å². The van der Waals surface area contributed by atoms with Crippen molar-refractivity contribution >= 4 is 14.2 Å². The summed E-state index contributed by atoms with van der Waals surface area (Å²) in [7, 11) is -2.54. The van der Waals surface area contributed by atoms with Crippen LogP contribution in [-0.2, 0) is 0 Å². The molecule has 0 unspecified atom stereocenters. The molecule has 4 N–H and O–H groups in total. The molecule has 0 aromatic heterocycles. The summed E-state index contributed by atoms with van der Waals surface area (Å²) in [4.78, 5) is 0. The van der Waals surface area contributed by atoms with Crippen LogP contribution >= 0.6 is 0 Å². The zero-order valence-corrected chi connectivity index (χ0v) is 5.77. The topological polar surface area (TPSA) is 80.9 Å². The summed E-state index contributed by atoms with van der Waals surface area (Å²) in [6.07, 6.45) is 1.81. The Hall–Kier alpha value is -0.0301. The van der Waals surface area contributed by atoms with E-state index in [0.717, 1.165) is 0 Å². The molecule has 0 bridgehead atoms. The normalized spacial score (nSPS) is 9.60. The highest BCUT2D eigenvalue weighted by Gasteiger charge is 2.08. The van der Waals surface area contributed by atoms with Crippen LogP contribution in [0.15, 0.2) is 0 Å². The maximum absolute atomic E-state index is 8.35. The summed E-state index contributed by atoms with van der Waals surface area (Å²) in [5, 5.41) is 33.4. The van der Waals surface area contributed by atoms with Gasteiger partial charge in [-0.3, -0.25) is 0 Å². The zero-order chi connectivity index (χ0) is 7.98. The van der Waals surface area contributed by atoms with Gasteiger partial charge in [-0.15, -0.1) is 0 Å². The third kappa shape index (κ3) is 7.97. The molecule has 0 spiro atoms. The minimum absolute atomic E-state index is 0.298. The van der Waals surface area contributed by atoms with E-state index in [1.807, 2.05) is 0 Å². The fourth-order valence-corrected chi connectivity index (χ4v) is 0.654. The second-order valence-electron chi connectivity index (χ2n) is 2.25. The van der Waals surface area contributed by atoms with E-state index in [2.05, 4.69) is 0 Å². The van der Waals surface area contributed by atoms with Crippen molar-refractivity contribution in [2.75, 3.05) is 0 Å². The Morgan fingerprint density at radius 3 is 1.20 bits per heavy atom. The molecule has 0 rings (SSSR count). The first-order chi connectivity index (χ1) is 4.63. The van der Waals surface area contributed by atoms with Gasteiger partial charge in [0, 0.05) is 0 Å². The van der Waals surface area contributed by atoms with Crippen molar-refractivity contribution in [1.29, 1.82) is 0 Å². The highest BCUT2D eigenvalue weighted by atomic mass is 16.4. The van der Waals surface area contributed by atoms with E-state index in [1.165, 1.54) is 0 Å². The molecule has 4 nitrogen and oxygen atoms in total. The van der Waals surface area contributed by atoms with E-state index >= 15 is 0 Å². The van der Waals surface area contributed by atoms with Crippen molar-refractivity contribution < 1.29 is 20.1 Å². The Morgan fingerprint density at radius 1 is 0.700 bits per heavy atom. The van der Waals surface area contributed by atoms with E-state index in [0.29, 0.717) is 25.5 Å². The van der Waals surface area contributed by atoms with Crippen LogP contribution < -0.4 is 0 Å². The average molecular weight is 146 g/mol. The van der Waals surface area contributed by atoms with Crippen LogP contribution in [0.3, 0.4) is 0 Å². The van der Waals surface area contributed by atoms with E-state index in [-0.39, 0.29) is 0 Å². The highest BCUT2D eigenvalue weighted by Crippen LogP contribution is 2.02.